The molecular weight excluding hydrogens is 1570 g/mol. The van der Waals surface area contributed by atoms with Gasteiger partial charge in [-0.1, -0.05) is 60.1 Å². The Morgan fingerprint density at radius 3 is 1.51 bits per heavy atom. The summed E-state index contributed by atoms with van der Waals surface area (Å²) in [6.07, 6.45) is 29.7. The molecule has 0 saturated heterocycles. The van der Waals surface area contributed by atoms with Gasteiger partial charge < -0.3 is 82.3 Å². The van der Waals surface area contributed by atoms with Gasteiger partial charge in [0.05, 0.1) is 69.5 Å². The Balaban J connectivity index is 0.000000174. The molecule has 13 N–H and O–H groups in total. The summed E-state index contributed by atoms with van der Waals surface area (Å²) in [4.78, 5) is 62.5. The maximum atomic E-state index is 9.40. The largest absolute Gasteiger partial charge is 0.481 e. The molecule has 10 aromatic rings. The minimum atomic E-state index is -0.143. The fourth-order valence-electron chi connectivity index (χ4n) is 10.9. The third kappa shape index (κ3) is 25.3. The summed E-state index contributed by atoms with van der Waals surface area (Å²) in [5, 5.41) is 16.5. The Labute approximate surface area is 667 Å². The first kappa shape index (κ1) is 85.7. The van der Waals surface area contributed by atoms with E-state index in [-0.39, 0.29) is 36.4 Å². The second-order valence-electron chi connectivity index (χ2n) is 25.7. The molecule has 1 atom stereocenters. The van der Waals surface area contributed by atoms with Crippen LogP contribution in [0.1, 0.15) is 156 Å². The Morgan fingerprint density at radius 2 is 1.05 bits per heavy atom. The molecular formula is C77H96Br2N22O9S. The molecule has 0 bridgehead atoms. The van der Waals surface area contributed by atoms with Crippen LogP contribution in [0.4, 0.5) is 41.0 Å². The number of hydrogen-bond donors (Lipinski definition) is 8. The lowest BCUT2D eigenvalue weighted by Crippen LogP contribution is -2.23. The normalized spacial score (nSPS) is 12.5. The number of anilines is 7. The van der Waals surface area contributed by atoms with E-state index in [4.69, 9.17) is 66.6 Å². The summed E-state index contributed by atoms with van der Waals surface area (Å²) in [6, 6.07) is 8.90. The minimum absolute atomic E-state index is 0.0160. The number of pyridine rings is 5. The number of allylic oxidation sites excluding steroid dienone is 3. The third-order valence-corrected chi connectivity index (χ3v) is 18.3. The van der Waals surface area contributed by atoms with Crippen LogP contribution in [0.25, 0.3) is 11.1 Å². The van der Waals surface area contributed by atoms with Crippen molar-refractivity contribution in [2.24, 2.45) is 0 Å². The smallest absolute Gasteiger partial charge is 0.222 e. The quantitative estimate of drug-likeness (QED) is 0.0142. The van der Waals surface area contributed by atoms with Crippen molar-refractivity contribution < 1.29 is 43.0 Å². The Hall–Kier alpha value is -10.9. The number of aryl methyl sites for hydroxylation is 3. The molecule has 31 nitrogen and oxygen atoms in total. The van der Waals surface area contributed by atoms with Gasteiger partial charge in [0.25, 0.3) is 0 Å². The van der Waals surface area contributed by atoms with Gasteiger partial charge in [-0.3, -0.25) is 0 Å². The predicted octanol–water partition coefficient (Wildman–Crippen LogP) is 16.2. The van der Waals surface area contributed by atoms with Crippen LogP contribution in [-0.2, 0) is 4.74 Å². The first-order valence-corrected chi connectivity index (χ1v) is 38.4. The van der Waals surface area contributed by atoms with E-state index in [0.717, 1.165) is 82.7 Å². The van der Waals surface area contributed by atoms with E-state index in [1.54, 1.807) is 110 Å². The minimum Gasteiger partial charge on any atom is -0.481 e. The highest BCUT2D eigenvalue weighted by atomic mass is 79.9. The fraction of sp³-hybridized carbons (Fsp3) is 0.364. The van der Waals surface area contributed by atoms with Crippen molar-refractivity contribution in [2.45, 2.75) is 143 Å². The van der Waals surface area contributed by atoms with Crippen molar-refractivity contribution in [3.05, 3.63) is 159 Å². The summed E-state index contributed by atoms with van der Waals surface area (Å²) >= 11 is 8.26. The van der Waals surface area contributed by atoms with E-state index in [0.29, 0.717) is 138 Å². The van der Waals surface area contributed by atoms with Gasteiger partial charge in [-0.15, -0.1) is 11.8 Å². The average molecular weight is 1670 g/mol. The lowest BCUT2D eigenvalue weighted by Gasteiger charge is -2.19. The number of aliphatic hydroxyl groups excluding tert-OH is 1. The highest BCUT2D eigenvalue weighted by Crippen LogP contribution is 2.43. The van der Waals surface area contributed by atoms with E-state index in [2.05, 4.69) is 158 Å². The highest BCUT2D eigenvalue weighted by Gasteiger charge is 2.25. The summed E-state index contributed by atoms with van der Waals surface area (Å²) in [7, 11) is 4.80. The second kappa shape index (κ2) is 42.3. The first-order chi connectivity index (χ1) is 53.3. The summed E-state index contributed by atoms with van der Waals surface area (Å²) in [5.41, 5.74) is 36.0. The van der Waals surface area contributed by atoms with E-state index in [1.807, 2.05) is 38.4 Å². The molecule has 0 aromatic carbocycles. The molecule has 0 radical (unpaired) electrons. The number of halogens is 2. The van der Waals surface area contributed by atoms with Gasteiger partial charge in [0.15, 0.2) is 57.8 Å². The maximum absolute atomic E-state index is 9.40. The van der Waals surface area contributed by atoms with Crippen LogP contribution in [0, 0.1) is 20.8 Å². The molecule has 12 rings (SSSR count). The third-order valence-electron chi connectivity index (χ3n) is 16.8. The molecule has 2 aliphatic rings. The van der Waals surface area contributed by atoms with Crippen LogP contribution < -0.4 is 72.5 Å². The number of nitrogens with one attached hydrogen (secondary N) is 2. The van der Waals surface area contributed by atoms with E-state index < -0.39 is 0 Å². The number of aliphatic hydroxyl groups is 1. The van der Waals surface area contributed by atoms with Crippen LogP contribution in [0.5, 0.6) is 69.3 Å². The second-order valence-corrected chi connectivity index (χ2v) is 28.2. The molecule has 34 heteroatoms. The first-order valence-electron chi connectivity index (χ1n) is 35.6. The molecule has 1 fully saturated rings. The van der Waals surface area contributed by atoms with Crippen molar-refractivity contribution >= 4 is 95.8 Å². The standard InChI is InChI=1S/C16H22BrN5O2.C16H20N4O2.C16H18N4O2.C15H20BrN5O2.C14H16N4OS/c1-4-10(8-23)21-15-13(7-20-16(18)22-15)24-12-5-14(17)19-6-11(12)9(2)3;2*1-10-18-9-14(16(17)20-10)22-13-7-15(21-2)19-8-12(13)11-5-3-4-6-11;1-9(2)10-7-19-13(16)6-11(10)23-12-8-20-15(17)21-14(12)18-4-5-22-3;1-8(2)10-6-17-13(20-4)5-11(10)19-12-7-16-9(3)18-14(12)15/h5-7,9-10,23H,4,8H2,1-3H3,(H3,18,20,21,22);7-9,11H,3-6H2,1-2H3,(H2,17,18,20);5,7-9H,3-4,6H2,1-2H3,(H2,17,18,20);6-9H,4-5H2,1-3H3,(H3,17,18,20,21);5-7H,1H2,2-4H3,(H2,15,16,18)/t10-;;;;/m0..../s1. The highest BCUT2D eigenvalue weighted by molar-refractivity contribution is 9.10. The van der Waals surface area contributed by atoms with Gasteiger partial charge in [0.1, 0.15) is 55.4 Å². The number of aromatic nitrogens is 15. The van der Waals surface area contributed by atoms with Gasteiger partial charge in [-0.2, -0.15) is 9.97 Å². The Kier molecular flexibility index (Phi) is 32.6. The van der Waals surface area contributed by atoms with Crippen LogP contribution >= 0.6 is 43.6 Å². The number of nitrogens with two attached hydrogens (primary N) is 5. The van der Waals surface area contributed by atoms with Gasteiger partial charge in [-0.25, -0.2) is 64.8 Å². The molecule has 10 aromatic heterocycles. The lowest BCUT2D eigenvalue weighted by molar-refractivity contribution is 0.210. The van der Waals surface area contributed by atoms with Crippen molar-refractivity contribution in [3.63, 3.8) is 0 Å². The number of hydrogen-bond acceptors (Lipinski definition) is 32. The molecule has 0 unspecified atom stereocenters. The van der Waals surface area contributed by atoms with Crippen LogP contribution in [0.2, 0.25) is 0 Å². The Morgan fingerprint density at radius 1 is 0.559 bits per heavy atom. The summed E-state index contributed by atoms with van der Waals surface area (Å²) in [6.45, 7) is 22.5. The molecule has 0 aliphatic heterocycles. The number of nitrogens with zero attached hydrogens (tertiary/aromatic N) is 15. The molecule has 0 amide bonds. The Bertz CT molecular complexity index is 4790. The average Bonchev–Trinajstić information content (AvgIpc) is 1.79. The molecule has 1 saturated carbocycles. The van der Waals surface area contributed by atoms with Crippen LogP contribution in [-0.4, -0.2) is 133 Å². The predicted molar refractivity (Wildman–Crippen MR) is 439 cm³/mol. The number of methoxy groups -OCH3 is 3. The van der Waals surface area contributed by atoms with E-state index in [1.165, 1.54) is 36.4 Å². The number of rotatable bonds is 26. The van der Waals surface area contributed by atoms with Gasteiger partial charge in [0.2, 0.25) is 23.7 Å². The zero-order valence-electron chi connectivity index (χ0n) is 64.5. The van der Waals surface area contributed by atoms with Gasteiger partial charge >= 0.3 is 0 Å². The molecule has 2 aliphatic carbocycles. The fourth-order valence-corrected chi connectivity index (χ4v) is 11.9. The van der Waals surface area contributed by atoms with Crippen molar-refractivity contribution in [3.8, 4) is 69.3 Å². The van der Waals surface area contributed by atoms with Crippen molar-refractivity contribution in [1.29, 1.82) is 0 Å². The lowest BCUT2D eigenvalue weighted by atomic mass is 9.98. The van der Waals surface area contributed by atoms with Crippen molar-refractivity contribution in [2.75, 3.05) is 86.6 Å². The van der Waals surface area contributed by atoms with Crippen molar-refractivity contribution in [1.82, 2.24) is 74.8 Å². The maximum Gasteiger partial charge on any atom is 0.222 e. The zero-order valence-corrected chi connectivity index (χ0v) is 68.5. The van der Waals surface area contributed by atoms with Gasteiger partial charge in [0, 0.05) is 103 Å². The van der Waals surface area contributed by atoms with E-state index in [9.17, 15) is 5.11 Å². The summed E-state index contributed by atoms with van der Waals surface area (Å²) in [5.74, 6) is 11.7. The van der Waals surface area contributed by atoms with E-state index >= 15 is 0 Å². The topological polar surface area (TPSA) is 442 Å². The summed E-state index contributed by atoms with van der Waals surface area (Å²) < 4.78 is 46.6. The zero-order chi connectivity index (χ0) is 80.3. The number of ether oxygens (including phenoxy) is 8. The number of thioether (sulfide) groups is 1. The van der Waals surface area contributed by atoms with Gasteiger partial charge in [-0.05, 0) is 133 Å². The van der Waals surface area contributed by atoms with Crippen LogP contribution in [0.15, 0.2) is 119 Å². The number of nitrogen functional groups attached to an aromatic ring is 5. The van der Waals surface area contributed by atoms with Crippen LogP contribution in [0.3, 0.4) is 0 Å². The molecule has 588 valence electrons. The molecule has 10 heterocycles. The molecule has 0 spiro atoms. The monoisotopic (exact) mass is 1660 g/mol. The SMILES string of the molecule is C=C(C)c1cnc(SC)cc1Oc1cnc(C)nc1N.CC[C@@H](CO)Nc1nc(N)ncc1Oc1cc(Br)ncc1C(C)C.COCCNc1nc(N)ncc1Oc1cc(Br)ncc1C(C)C.COc1cc(Oc2cnc(C)nc2N)c(C2=CCCC2)cn1.COc1cc(Oc2cnc(C)nc2N)c(C2CCCC2)cn1. The molecule has 111 heavy (non-hydrogen) atoms.